The van der Waals surface area contributed by atoms with Crippen LogP contribution in [0, 0.1) is 11.7 Å². The van der Waals surface area contributed by atoms with Crippen LogP contribution >= 0.6 is 11.8 Å². The van der Waals surface area contributed by atoms with Gasteiger partial charge in [-0.1, -0.05) is 36.4 Å². The molecule has 4 aromatic rings. The molecule has 0 radical (unpaired) electrons. The Morgan fingerprint density at radius 2 is 1.83 bits per heavy atom. The van der Waals surface area contributed by atoms with Crippen molar-refractivity contribution in [1.29, 1.82) is 0 Å². The maximum atomic E-state index is 14.0. The molecule has 0 bridgehead atoms. The highest BCUT2D eigenvalue weighted by Gasteiger charge is 2.29. The van der Waals surface area contributed by atoms with Crippen LogP contribution in [-0.2, 0) is 11.8 Å². The van der Waals surface area contributed by atoms with Gasteiger partial charge in [0.15, 0.2) is 5.16 Å². The zero-order valence-electron chi connectivity index (χ0n) is 19.3. The van der Waals surface area contributed by atoms with Gasteiger partial charge in [0.05, 0.1) is 5.69 Å². The van der Waals surface area contributed by atoms with Crippen LogP contribution in [-0.4, -0.2) is 39.4 Å². The molecule has 2 amide bonds. The van der Waals surface area contributed by atoms with E-state index in [1.807, 2.05) is 65.2 Å². The highest BCUT2D eigenvalue weighted by molar-refractivity contribution is 7.99. The molecular weight excluding hydrogens is 463 g/mol. The highest BCUT2D eigenvalue weighted by atomic mass is 32.2. The number of halogens is 1. The Labute approximate surface area is 207 Å². The molecule has 2 heterocycles. The summed E-state index contributed by atoms with van der Waals surface area (Å²) in [7, 11) is 1.88. The van der Waals surface area contributed by atoms with Crippen LogP contribution < -0.4 is 5.32 Å². The van der Waals surface area contributed by atoms with Crippen LogP contribution in [0.1, 0.15) is 23.2 Å². The number of fused-ring (bicyclic) bond motifs is 1. The van der Waals surface area contributed by atoms with Gasteiger partial charge in [-0.2, -0.15) is 0 Å². The van der Waals surface area contributed by atoms with E-state index in [-0.39, 0.29) is 17.7 Å². The lowest BCUT2D eigenvalue weighted by Crippen LogP contribution is -2.41. The summed E-state index contributed by atoms with van der Waals surface area (Å²) in [6.45, 7) is 0.996. The molecule has 1 aromatic heterocycles. The monoisotopic (exact) mass is 488 g/mol. The van der Waals surface area contributed by atoms with Gasteiger partial charge >= 0.3 is 0 Å². The average Bonchev–Trinajstić information content (AvgIpc) is 3.29. The lowest BCUT2D eigenvalue weighted by atomic mass is 9.94. The van der Waals surface area contributed by atoms with Crippen molar-refractivity contribution in [1.82, 2.24) is 14.5 Å². The Balaban J connectivity index is 1.25. The van der Waals surface area contributed by atoms with E-state index in [1.54, 1.807) is 12.3 Å². The van der Waals surface area contributed by atoms with Crippen LogP contribution in [0.15, 0.2) is 83.1 Å². The first-order valence-electron chi connectivity index (χ1n) is 11.5. The molecule has 8 heteroatoms. The molecule has 1 fully saturated rings. The predicted octanol–water partition coefficient (Wildman–Crippen LogP) is 5.35. The Morgan fingerprint density at radius 3 is 2.60 bits per heavy atom. The van der Waals surface area contributed by atoms with Gasteiger partial charge in [-0.3, -0.25) is 9.59 Å². The number of hydrogen-bond donors (Lipinski definition) is 1. The number of imidazole rings is 1. The topological polar surface area (TPSA) is 67.2 Å². The number of benzene rings is 3. The second kappa shape index (κ2) is 9.92. The Hall–Kier alpha value is -3.65. The molecule has 1 saturated heterocycles. The van der Waals surface area contributed by atoms with E-state index in [1.165, 1.54) is 23.9 Å². The molecule has 6 nitrogen and oxygen atoms in total. The Morgan fingerprint density at radius 1 is 1.06 bits per heavy atom. The zero-order chi connectivity index (χ0) is 24.4. The predicted molar refractivity (Wildman–Crippen MR) is 135 cm³/mol. The van der Waals surface area contributed by atoms with Crippen molar-refractivity contribution in [2.24, 2.45) is 13.0 Å². The molecule has 1 aliphatic heterocycles. The summed E-state index contributed by atoms with van der Waals surface area (Å²) < 4.78 is 15.8. The second-order valence-electron chi connectivity index (χ2n) is 8.65. The standard InChI is InChI=1S/C27H25FN4O2S/c1-31-16-13-29-27(31)35-24-10-9-20(28)17-23(24)30-25(33)19-11-14-32(15-12-19)26(34)22-8-4-6-18-5-2-3-7-21(18)22/h2-10,13,16-17,19H,11-12,14-15H2,1H3,(H,30,33). The average molecular weight is 489 g/mol. The molecule has 0 saturated carbocycles. The lowest BCUT2D eigenvalue weighted by molar-refractivity contribution is -0.121. The summed E-state index contributed by atoms with van der Waals surface area (Å²) in [6.07, 6.45) is 4.63. The smallest absolute Gasteiger partial charge is 0.254 e. The van der Waals surface area contributed by atoms with Gasteiger partial charge in [0.25, 0.3) is 5.91 Å². The fraction of sp³-hybridized carbons (Fsp3) is 0.222. The van der Waals surface area contributed by atoms with Gasteiger partial charge in [-0.15, -0.1) is 0 Å². The minimum Gasteiger partial charge on any atom is -0.339 e. The number of aryl methyl sites for hydroxylation is 1. The van der Waals surface area contributed by atoms with E-state index < -0.39 is 5.82 Å². The molecule has 1 N–H and O–H groups in total. The number of nitrogens with one attached hydrogen (secondary N) is 1. The molecule has 35 heavy (non-hydrogen) atoms. The number of amides is 2. The fourth-order valence-electron chi connectivity index (χ4n) is 4.40. The molecule has 5 rings (SSSR count). The zero-order valence-corrected chi connectivity index (χ0v) is 20.1. The maximum absolute atomic E-state index is 14.0. The lowest BCUT2D eigenvalue weighted by Gasteiger charge is -2.31. The summed E-state index contributed by atoms with van der Waals surface area (Å²) >= 11 is 1.37. The first-order chi connectivity index (χ1) is 17.0. The van der Waals surface area contributed by atoms with Crippen LogP contribution in [0.3, 0.4) is 0 Å². The van der Waals surface area contributed by atoms with E-state index in [0.717, 1.165) is 20.8 Å². The molecule has 0 aliphatic carbocycles. The number of aromatic nitrogens is 2. The highest BCUT2D eigenvalue weighted by Crippen LogP contribution is 2.34. The number of carbonyl (C=O) groups excluding carboxylic acids is 2. The first-order valence-corrected chi connectivity index (χ1v) is 12.3. The number of rotatable bonds is 5. The quantitative estimate of drug-likeness (QED) is 0.411. The minimum atomic E-state index is -0.417. The largest absolute Gasteiger partial charge is 0.339 e. The van der Waals surface area contributed by atoms with Gasteiger partial charge in [0.2, 0.25) is 5.91 Å². The third-order valence-electron chi connectivity index (χ3n) is 6.35. The molecule has 1 aliphatic rings. The van der Waals surface area contributed by atoms with Crippen molar-refractivity contribution in [2.45, 2.75) is 22.9 Å². The number of piperidine rings is 1. The van der Waals surface area contributed by atoms with E-state index in [4.69, 9.17) is 0 Å². The number of hydrogen-bond acceptors (Lipinski definition) is 4. The first kappa shape index (κ1) is 23.1. The van der Waals surface area contributed by atoms with Crippen molar-refractivity contribution in [3.05, 3.63) is 84.4 Å². The summed E-state index contributed by atoms with van der Waals surface area (Å²) in [5.41, 5.74) is 1.11. The van der Waals surface area contributed by atoms with Crippen molar-refractivity contribution in [3.8, 4) is 0 Å². The van der Waals surface area contributed by atoms with Crippen molar-refractivity contribution >= 4 is 40.0 Å². The van der Waals surface area contributed by atoms with Crippen LogP contribution in [0.2, 0.25) is 0 Å². The van der Waals surface area contributed by atoms with Crippen molar-refractivity contribution in [2.75, 3.05) is 18.4 Å². The van der Waals surface area contributed by atoms with Crippen molar-refractivity contribution < 1.29 is 14.0 Å². The summed E-state index contributed by atoms with van der Waals surface area (Å²) in [5, 5.41) is 5.62. The van der Waals surface area contributed by atoms with E-state index >= 15 is 0 Å². The number of carbonyl (C=O) groups is 2. The fourth-order valence-corrected chi connectivity index (χ4v) is 5.27. The summed E-state index contributed by atoms with van der Waals surface area (Å²) in [4.78, 5) is 33.1. The van der Waals surface area contributed by atoms with Gasteiger partial charge in [-0.05, 0) is 59.6 Å². The van der Waals surface area contributed by atoms with Crippen LogP contribution in [0.5, 0.6) is 0 Å². The molecular formula is C27H25FN4O2S. The number of likely N-dealkylation sites (tertiary alicyclic amines) is 1. The molecule has 178 valence electrons. The molecule has 3 aromatic carbocycles. The normalized spacial score (nSPS) is 14.3. The molecule has 0 unspecified atom stereocenters. The summed E-state index contributed by atoms with van der Waals surface area (Å²) in [6, 6.07) is 18.0. The Bertz CT molecular complexity index is 1390. The number of nitrogens with zero attached hydrogens (tertiary/aromatic N) is 3. The third-order valence-corrected chi connectivity index (χ3v) is 7.50. The van der Waals surface area contributed by atoms with Crippen LogP contribution in [0.25, 0.3) is 10.8 Å². The van der Waals surface area contributed by atoms with E-state index in [0.29, 0.717) is 37.2 Å². The van der Waals surface area contributed by atoms with E-state index in [9.17, 15) is 14.0 Å². The minimum absolute atomic E-state index is 0.0143. The van der Waals surface area contributed by atoms with Gasteiger partial charge in [-0.25, -0.2) is 9.37 Å². The SMILES string of the molecule is Cn1ccnc1Sc1ccc(F)cc1NC(=O)C1CCN(C(=O)c2cccc3ccccc23)CC1. The van der Waals surface area contributed by atoms with Gasteiger partial charge in [0, 0.05) is 48.9 Å². The second-order valence-corrected chi connectivity index (χ2v) is 9.65. The molecule has 0 spiro atoms. The third kappa shape index (κ3) is 4.93. The number of anilines is 1. The van der Waals surface area contributed by atoms with Crippen LogP contribution in [0.4, 0.5) is 10.1 Å². The van der Waals surface area contributed by atoms with Gasteiger partial charge in [0.1, 0.15) is 5.82 Å². The Kier molecular flexibility index (Phi) is 6.55. The summed E-state index contributed by atoms with van der Waals surface area (Å²) in [5.74, 6) is -0.838. The van der Waals surface area contributed by atoms with Gasteiger partial charge < -0.3 is 14.8 Å². The van der Waals surface area contributed by atoms with E-state index in [2.05, 4.69) is 10.3 Å². The van der Waals surface area contributed by atoms with Crippen molar-refractivity contribution in [3.63, 3.8) is 0 Å². The maximum Gasteiger partial charge on any atom is 0.254 e. The molecule has 0 atom stereocenters.